The molecule has 0 aliphatic heterocycles. The molecule has 23 heavy (non-hydrogen) atoms. The average molecular weight is 324 g/mol. The normalized spacial score (nSPS) is 54.9. The minimum Gasteiger partial charge on any atom is -0.207 e. The Kier molecular flexibility index (Phi) is 3.68. The fraction of sp³-hybridized carbons (Fsp3) is 1.00. The zero-order valence-electron chi connectivity index (χ0n) is 15.2. The number of alkyl halides is 2. The van der Waals surface area contributed by atoms with Crippen molar-refractivity contribution in [3.05, 3.63) is 0 Å². The van der Waals surface area contributed by atoms with E-state index in [0.29, 0.717) is 17.3 Å². The van der Waals surface area contributed by atoms with Crippen molar-refractivity contribution in [1.82, 2.24) is 0 Å². The summed E-state index contributed by atoms with van der Waals surface area (Å²) in [4.78, 5) is 0. The van der Waals surface area contributed by atoms with E-state index >= 15 is 8.78 Å². The van der Waals surface area contributed by atoms with Crippen LogP contribution in [0.25, 0.3) is 0 Å². The maximum atomic E-state index is 15.1. The van der Waals surface area contributed by atoms with Gasteiger partial charge in [-0.3, -0.25) is 0 Å². The molecule has 7 atom stereocenters. The smallest absolute Gasteiger partial charge is 0.207 e. The van der Waals surface area contributed by atoms with Gasteiger partial charge in [-0.1, -0.05) is 40.0 Å². The Balaban J connectivity index is 1.70. The summed E-state index contributed by atoms with van der Waals surface area (Å²) in [6.07, 6.45) is 11.0. The van der Waals surface area contributed by atoms with Crippen molar-refractivity contribution in [3.8, 4) is 0 Å². The summed E-state index contributed by atoms with van der Waals surface area (Å²) in [5, 5.41) is 0. The Morgan fingerprint density at radius 1 is 0.913 bits per heavy atom. The fourth-order valence-corrected chi connectivity index (χ4v) is 8.08. The largest absolute Gasteiger partial charge is 0.252 e. The first-order chi connectivity index (χ1) is 10.8. The highest BCUT2D eigenvalue weighted by atomic mass is 19.3. The molecule has 0 aromatic rings. The Hall–Kier alpha value is -0.140. The third kappa shape index (κ3) is 2.11. The van der Waals surface area contributed by atoms with Crippen LogP contribution in [0.3, 0.4) is 0 Å². The summed E-state index contributed by atoms with van der Waals surface area (Å²) in [6.45, 7) is 6.82. The van der Waals surface area contributed by atoms with Crippen LogP contribution in [0.5, 0.6) is 0 Å². The van der Waals surface area contributed by atoms with E-state index in [1.165, 1.54) is 38.5 Å². The molecule has 4 aliphatic rings. The predicted molar refractivity (Wildman–Crippen MR) is 90.5 cm³/mol. The lowest BCUT2D eigenvalue weighted by molar-refractivity contribution is -0.167. The summed E-state index contributed by atoms with van der Waals surface area (Å²) in [5.41, 5.74) is 0.264. The van der Waals surface area contributed by atoms with E-state index in [-0.39, 0.29) is 23.7 Å². The van der Waals surface area contributed by atoms with Gasteiger partial charge in [-0.2, -0.15) is 0 Å². The number of hydrogen-bond donors (Lipinski definition) is 0. The van der Waals surface area contributed by atoms with E-state index < -0.39 is 5.92 Å². The Bertz CT molecular complexity index is 472. The van der Waals surface area contributed by atoms with E-state index in [4.69, 9.17) is 0 Å². The minimum absolute atomic E-state index is 0.0999. The second kappa shape index (κ2) is 5.18. The maximum Gasteiger partial charge on any atom is 0.252 e. The lowest BCUT2D eigenvalue weighted by Gasteiger charge is -2.60. The molecular formula is C21H34F2. The average Bonchev–Trinajstić information content (AvgIpc) is 2.72. The highest BCUT2D eigenvalue weighted by Crippen LogP contribution is 2.70. The van der Waals surface area contributed by atoms with Crippen LogP contribution in [0.15, 0.2) is 0 Å². The van der Waals surface area contributed by atoms with Gasteiger partial charge in [0, 0.05) is 12.3 Å². The van der Waals surface area contributed by atoms with Crippen molar-refractivity contribution in [2.45, 2.75) is 90.9 Å². The summed E-state index contributed by atoms with van der Waals surface area (Å²) >= 11 is 0. The van der Waals surface area contributed by atoms with Crippen molar-refractivity contribution < 1.29 is 8.78 Å². The zero-order valence-corrected chi connectivity index (χ0v) is 15.2. The van der Waals surface area contributed by atoms with Crippen LogP contribution in [0.1, 0.15) is 85.0 Å². The molecule has 0 heterocycles. The van der Waals surface area contributed by atoms with E-state index in [1.807, 2.05) is 0 Å². The number of fused-ring (bicyclic) bond motifs is 5. The quantitative estimate of drug-likeness (QED) is 0.504. The lowest BCUT2D eigenvalue weighted by atomic mass is 9.44. The van der Waals surface area contributed by atoms with Crippen molar-refractivity contribution in [1.29, 1.82) is 0 Å². The first-order valence-corrected chi connectivity index (χ1v) is 10.2. The molecule has 2 heteroatoms. The summed E-state index contributed by atoms with van der Waals surface area (Å²) in [5.74, 6) is -0.838. The lowest BCUT2D eigenvalue weighted by Crippen LogP contribution is -2.55. The summed E-state index contributed by atoms with van der Waals surface area (Å²) in [6, 6.07) is 0. The van der Waals surface area contributed by atoms with Gasteiger partial charge in [0.1, 0.15) is 0 Å². The van der Waals surface area contributed by atoms with Gasteiger partial charge in [0.05, 0.1) is 0 Å². The van der Waals surface area contributed by atoms with Gasteiger partial charge in [0.2, 0.25) is 0 Å². The third-order valence-electron chi connectivity index (χ3n) is 9.19. The highest BCUT2D eigenvalue weighted by molar-refractivity contribution is 5.13. The first-order valence-electron chi connectivity index (χ1n) is 10.2. The minimum atomic E-state index is -2.42. The highest BCUT2D eigenvalue weighted by Gasteiger charge is 2.68. The molecule has 0 amide bonds. The molecule has 4 aliphatic carbocycles. The molecule has 4 fully saturated rings. The topological polar surface area (TPSA) is 0 Å². The van der Waals surface area contributed by atoms with Crippen LogP contribution < -0.4 is 0 Å². The van der Waals surface area contributed by atoms with Crippen LogP contribution in [0, 0.1) is 40.4 Å². The molecule has 4 saturated carbocycles. The van der Waals surface area contributed by atoms with Crippen molar-refractivity contribution >= 4 is 0 Å². The Morgan fingerprint density at radius 2 is 1.70 bits per heavy atom. The maximum absolute atomic E-state index is 15.1. The molecule has 0 spiro atoms. The molecule has 1 unspecified atom stereocenters. The van der Waals surface area contributed by atoms with Crippen molar-refractivity contribution in [2.75, 3.05) is 0 Å². The van der Waals surface area contributed by atoms with E-state index in [2.05, 4.69) is 20.8 Å². The van der Waals surface area contributed by atoms with E-state index in [0.717, 1.165) is 25.2 Å². The monoisotopic (exact) mass is 324 g/mol. The van der Waals surface area contributed by atoms with Crippen LogP contribution >= 0.6 is 0 Å². The molecule has 0 nitrogen and oxygen atoms in total. The Morgan fingerprint density at radius 3 is 2.43 bits per heavy atom. The SMILES string of the molecule is CC[C@H]1CC(F)(F)[C@H]2[C@@H]3CCC4CCCC[C@]4(C)[C@H]3CC[C@]12C. The molecular weight excluding hydrogens is 290 g/mol. The van der Waals surface area contributed by atoms with Crippen molar-refractivity contribution in [3.63, 3.8) is 0 Å². The second-order valence-corrected chi connectivity index (χ2v) is 9.89. The molecule has 0 radical (unpaired) electrons. The molecule has 0 N–H and O–H groups in total. The van der Waals surface area contributed by atoms with Gasteiger partial charge in [-0.25, -0.2) is 8.78 Å². The molecule has 4 rings (SSSR count). The molecule has 0 aromatic heterocycles. The summed E-state index contributed by atoms with van der Waals surface area (Å²) < 4.78 is 30.2. The molecule has 0 bridgehead atoms. The fourth-order valence-electron chi connectivity index (χ4n) is 8.08. The second-order valence-electron chi connectivity index (χ2n) is 9.89. The Labute approximate surface area is 140 Å². The van der Waals surface area contributed by atoms with Gasteiger partial charge >= 0.3 is 0 Å². The van der Waals surface area contributed by atoms with E-state index in [1.54, 1.807) is 0 Å². The number of halogens is 2. The van der Waals surface area contributed by atoms with Crippen LogP contribution in [0.4, 0.5) is 8.78 Å². The van der Waals surface area contributed by atoms with Crippen LogP contribution in [0.2, 0.25) is 0 Å². The van der Waals surface area contributed by atoms with Gasteiger partial charge in [0.15, 0.2) is 0 Å². The van der Waals surface area contributed by atoms with Gasteiger partial charge in [0.25, 0.3) is 5.92 Å². The standard InChI is InChI=1S/C21H34F2/c1-4-14-13-21(22,23)18-16-9-8-15-7-5-6-11-19(15,2)17(16)10-12-20(14,18)3/h14-18H,4-13H2,1-3H3/t14-,15?,16+,17-,18-,19-,20+/m0/s1. The number of rotatable bonds is 1. The first kappa shape index (κ1) is 16.3. The van der Waals surface area contributed by atoms with E-state index in [9.17, 15) is 0 Å². The molecule has 0 saturated heterocycles. The van der Waals surface area contributed by atoms with Gasteiger partial charge < -0.3 is 0 Å². The predicted octanol–water partition coefficient (Wildman–Crippen LogP) is 6.69. The van der Waals surface area contributed by atoms with Crippen LogP contribution in [-0.2, 0) is 0 Å². The van der Waals surface area contributed by atoms with Crippen molar-refractivity contribution in [2.24, 2.45) is 40.4 Å². The third-order valence-corrected chi connectivity index (χ3v) is 9.19. The molecule has 132 valence electrons. The molecule has 0 aromatic carbocycles. The zero-order chi connectivity index (χ0) is 16.5. The van der Waals surface area contributed by atoms with Gasteiger partial charge in [-0.15, -0.1) is 0 Å². The van der Waals surface area contributed by atoms with Gasteiger partial charge in [-0.05, 0) is 73.0 Å². The van der Waals surface area contributed by atoms with Crippen LogP contribution in [-0.4, -0.2) is 5.92 Å². The summed E-state index contributed by atoms with van der Waals surface area (Å²) in [7, 11) is 0. The number of hydrogen-bond acceptors (Lipinski definition) is 0.